The Labute approximate surface area is 212 Å². The Morgan fingerprint density at radius 1 is 0.947 bits per heavy atom. The van der Waals surface area contributed by atoms with Gasteiger partial charge in [0.25, 0.3) is 5.91 Å². The second-order valence-electron chi connectivity index (χ2n) is 8.11. The molecule has 0 aromatic heterocycles. The maximum Gasteiger partial charge on any atom is 0.573 e. The number of aliphatic hydroxyl groups excluding tert-OH is 1. The lowest BCUT2D eigenvalue weighted by Crippen LogP contribution is -2.37. The molecule has 1 aliphatic carbocycles. The van der Waals surface area contributed by atoms with Gasteiger partial charge < -0.3 is 35.3 Å². The van der Waals surface area contributed by atoms with Gasteiger partial charge in [0.1, 0.15) is 23.4 Å². The number of anilines is 1. The molecule has 2 aromatic rings. The quantitative estimate of drug-likeness (QED) is 0.345. The molecular formula is C23H23F6N3O6. The number of hydrogen-bond acceptors (Lipinski definition) is 6. The lowest BCUT2D eigenvalue weighted by atomic mass is 10.1. The van der Waals surface area contributed by atoms with Crippen LogP contribution in [0.25, 0.3) is 0 Å². The number of urea groups is 1. The Hall–Kier alpha value is -3.88. The standard InChI is InChI=1S/C23H23F6N3O6/c24-22(25,26)37-17-3-1-2-13(11-17)31-21(35)32-14-4-5-15(10-14)36-16-6-7-19(38-23(27,28)29)18(12-16)20(34)30-8-9-33/h1-3,6-7,11-12,14-15,33H,4-5,8-10H2,(H,30,34)(H2,31,32,35). The van der Waals surface area contributed by atoms with Crippen LogP contribution in [0, 0.1) is 0 Å². The van der Waals surface area contributed by atoms with Gasteiger partial charge in [0.05, 0.1) is 12.2 Å². The molecule has 1 saturated carbocycles. The van der Waals surface area contributed by atoms with Gasteiger partial charge in [0.2, 0.25) is 0 Å². The normalized spacial score (nSPS) is 17.4. The van der Waals surface area contributed by atoms with Gasteiger partial charge in [-0.25, -0.2) is 4.79 Å². The van der Waals surface area contributed by atoms with Crippen LogP contribution in [0.2, 0.25) is 0 Å². The van der Waals surface area contributed by atoms with E-state index < -0.39 is 54.4 Å². The molecule has 2 aromatic carbocycles. The summed E-state index contributed by atoms with van der Waals surface area (Å²) in [5.41, 5.74) is -0.375. The summed E-state index contributed by atoms with van der Waals surface area (Å²) >= 11 is 0. The van der Waals surface area contributed by atoms with Crippen molar-refractivity contribution in [1.82, 2.24) is 10.6 Å². The summed E-state index contributed by atoms with van der Waals surface area (Å²) in [5.74, 6) is -2.06. The maximum atomic E-state index is 12.7. The first kappa shape index (κ1) is 28.7. The number of amides is 3. The van der Waals surface area contributed by atoms with Crippen molar-refractivity contribution in [3.05, 3.63) is 48.0 Å². The number of aliphatic hydroxyl groups is 1. The van der Waals surface area contributed by atoms with E-state index in [1.807, 2.05) is 0 Å². The van der Waals surface area contributed by atoms with Crippen LogP contribution in [0.5, 0.6) is 17.2 Å². The Morgan fingerprint density at radius 2 is 1.68 bits per heavy atom. The summed E-state index contributed by atoms with van der Waals surface area (Å²) in [6.45, 7) is -0.610. The lowest BCUT2D eigenvalue weighted by molar-refractivity contribution is -0.275. The monoisotopic (exact) mass is 551 g/mol. The fourth-order valence-corrected chi connectivity index (χ4v) is 3.73. The first-order valence-corrected chi connectivity index (χ1v) is 11.2. The van der Waals surface area contributed by atoms with Crippen molar-refractivity contribution in [2.24, 2.45) is 0 Å². The molecule has 9 nitrogen and oxygen atoms in total. The van der Waals surface area contributed by atoms with Crippen molar-refractivity contribution < 1.29 is 55.2 Å². The number of alkyl halides is 6. The summed E-state index contributed by atoms with van der Waals surface area (Å²) < 4.78 is 88.8. The van der Waals surface area contributed by atoms with Crippen molar-refractivity contribution >= 4 is 17.6 Å². The van der Waals surface area contributed by atoms with E-state index in [9.17, 15) is 35.9 Å². The molecule has 1 aliphatic rings. The molecule has 15 heteroatoms. The van der Waals surface area contributed by atoms with Crippen molar-refractivity contribution in [1.29, 1.82) is 0 Å². The highest BCUT2D eigenvalue weighted by Gasteiger charge is 2.34. The summed E-state index contributed by atoms with van der Waals surface area (Å²) in [5, 5.41) is 16.2. The Balaban J connectivity index is 1.58. The molecule has 3 rings (SSSR count). The highest BCUT2D eigenvalue weighted by Crippen LogP contribution is 2.32. The minimum Gasteiger partial charge on any atom is -0.490 e. The van der Waals surface area contributed by atoms with Crippen molar-refractivity contribution in [3.8, 4) is 17.2 Å². The van der Waals surface area contributed by atoms with Gasteiger partial charge in [-0.2, -0.15) is 0 Å². The molecule has 0 spiro atoms. The van der Waals surface area contributed by atoms with Gasteiger partial charge in [0.15, 0.2) is 0 Å². The molecule has 1 fully saturated rings. The van der Waals surface area contributed by atoms with E-state index in [1.165, 1.54) is 18.2 Å². The van der Waals surface area contributed by atoms with E-state index in [0.29, 0.717) is 19.3 Å². The predicted octanol–water partition coefficient (Wildman–Crippen LogP) is 4.33. The molecule has 0 heterocycles. The number of hydrogen-bond donors (Lipinski definition) is 4. The van der Waals surface area contributed by atoms with Crippen LogP contribution < -0.4 is 30.2 Å². The van der Waals surface area contributed by atoms with Gasteiger partial charge in [-0.1, -0.05) is 6.07 Å². The third-order valence-electron chi connectivity index (χ3n) is 5.17. The highest BCUT2D eigenvalue weighted by molar-refractivity contribution is 5.97. The number of ether oxygens (including phenoxy) is 3. The number of nitrogens with one attached hydrogen (secondary N) is 3. The topological polar surface area (TPSA) is 118 Å². The molecular weight excluding hydrogens is 528 g/mol. The van der Waals surface area contributed by atoms with E-state index in [-0.39, 0.29) is 24.0 Å². The summed E-state index contributed by atoms with van der Waals surface area (Å²) in [7, 11) is 0. The lowest BCUT2D eigenvalue weighted by Gasteiger charge is -2.18. The second kappa shape index (κ2) is 12.1. The first-order valence-electron chi connectivity index (χ1n) is 11.2. The van der Waals surface area contributed by atoms with E-state index >= 15 is 0 Å². The zero-order valence-corrected chi connectivity index (χ0v) is 19.5. The molecule has 208 valence electrons. The van der Waals surface area contributed by atoms with Crippen LogP contribution in [0.1, 0.15) is 29.6 Å². The fraction of sp³-hybridized carbons (Fsp3) is 0.391. The van der Waals surface area contributed by atoms with Gasteiger partial charge in [0, 0.05) is 30.8 Å². The van der Waals surface area contributed by atoms with E-state index in [2.05, 4.69) is 25.4 Å². The number of rotatable bonds is 9. The maximum absolute atomic E-state index is 12.7. The number of benzene rings is 2. The Kier molecular flexibility index (Phi) is 9.14. The number of carbonyl (C=O) groups excluding carboxylic acids is 2. The van der Waals surface area contributed by atoms with E-state index in [0.717, 1.165) is 24.3 Å². The average Bonchev–Trinajstić information content (AvgIpc) is 3.23. The smallest absolute Gasteiger partial charge is 0.490 e. The summed E-state index contributed by atoms with van der Waals surface area (Å²) in [6.07, 6.45) is -9.11. The molecule has 4 N–H and O–H groups in total. The van der Waals surface area contributed by atoms with Crippen LogP contribution >= 0.6 is 0 Å². The molecule has 38 heavy (non-hydrogen) atoms. The van der Waals surface area contributed by atoms with Crippen LogP contribution in [-0.2, 0) is 0 Å². The molecule has 2 unspecified atom stereocenters. The first-order chi connectivity index (χ1) is 17.8. The van der Waals surface area contributed by atoms with Gasteiger partial charge in [-0.15, -0.1) is 26.3 Å². The molecule has 0 saturated heterocycles. The molecule has 0 radical (unpaired) electrons. The largest absolute Gasteiger partial charge is 0.573 e. The van der Waals surface area contributed by atoms with Crippen LogP contribution in [0.15, 0.2) is 42.5 Å². The van der Waals surface area contributed by atoms with Crippen LogP contribution in [0.3, 0.4) is 0 Å². The summed E-state index contributed by atoms with van der Waals surface area (Å²) in [4.78, 5) is 24.6. The molecule has 0 bridgehead atoms. The SMILES string of the molecule is O=C(Nc1cccc(OC(F)(F)F)c1)NC1CCC(Oc2ccc(OC(F)(F)F)c(C(=O)NCCO)c2)C1. The predicted molar refractivity (Wildman–Crippen MR) is 120 cm³/mol. The zero-order chi connectivity index (χ0) is 27.9. The highest BCUT2D eigenvalue weighted by atomic mass is 19.4. The van der Waals surface area contributed by atoms with Crippen molar-refractivity contribution in [2.45, 2.75) is 44.1 Å². The summed E-state index contributed by atoms with van der Waals surface area (Å²) in [6, 6.07) is 6.93. The molecule has 2 atom stereocenters. The third kappa shape index (κ3) is 9.21. The van der Waals surface area contributed by atoms with Gasteiger partial charge >= 0.3 is 18.8 Å². The van der Waals surface area contributed by atoms with Crippen LogP contribution in [-0.4, -0.2) is 55.1 Å². The minimum atomic E-state index is -5.04. The van der Waals surface area contributed by atoms with Gasteiger partial charge in [-0.05, 0) is 43.2 Å². The van der Waals surface area contributed by atoms with Crippen molar-refractivity contribution in [2.75, 3.05) is 18.5 Å². The average molecular weight is 551 g/mol. The van der Waals surface area contributed by atoms with Crippen molar-refractivity contribution in [3.63, 3.8) is 0 Å². The Bertz CT molecular complexity index is 1130. The zero-order valence-electron chi connectivity index (χ0n) is 19.5. The van der Waals surface area contributed by atoms with E-state index in [1.54, 1.807) is 0 Å². The van der Waals surface area contributed by atoms with Crippen LogP contribution in [0.4, 0.5) is 36.8 Å². The third-order valence-corrected chi connectivity index (χ3v) is 5.17. The second-order valence-corrected chi connectivity index (χ2v) is 8.11. The number of carbonyl (C=O) groups is 2. The minimum absolute atomic E-state index is 0.0724. The van der Waals surface area contributed by atoms with Gasteiger partial charge in [-0.3, -0.25) is 4.79 Å². The Morgan fingerprint density at radius 3 is 2.37 bits per heavy atom. The molecule has 0 aliphatic heterocycles. The fourth-order valence-electron chi connectivity index (χ4n) is 3.73. The van der Waals surface area contributed by atoms with E-state index in [4.69, 9.17) is 9.84 Å². The molecule has 3 amide bonds. The number of halogens is 6.